The van der Waals surface area contributed by atoms with E-state index in [4.69, 9.17) is 0 Å². The number of carbonyl (C=O) groups excluding carboxylic acids is 2. The Labute approximate surface area is 154 Å². The van der Waals surface area contributed by atoms with E-state index in [1.807, 2.05) is 59.2 Å². The highest BCUT2D eigenvalue weighted by atomic mass is 16.2. The van der Waals surface area contributed by atoms with Gasteiger partial charge in [-0.05, 0) is 36.5 Å². The maximum absolute atomic E-state index is 12.8. The van der Waals surface area contributed by atoms with Crippen LogP contribution in [0.3, 0.4) is 0 Å². The van der Waals surface area contributed by atoms with Crippen molar-refractivity contribution in [3.63, 3.8) is 0 Å². The van der Waals surface area contributed by atoms with Crippen LogP contribution in [0.5, 0.6) is 0 Å². The molecular weight excluding hydrogens is 324 g/mol. The maximum atomic E-state index is 12.8. The molecule has 2 atom stereocenters. The summed E-state index contributed by atoms with van der Waals surface area (Å²) in [6.45, 7) is 4.45. The van der Waals surface area contributed by atoms with Gasteiger partial charge in [0.1, 0.15) is 0 Å². The molecule has 2 amide bonds. The number of carbonyl (C=O) groups is 2. The van der Waals surface area contributed by atoms with Crippen molar-refractivity contribution >= 4 is 11.8 Å². The predicted molar refractivity (Wildman–Crippen MR) is 101 cm³/mol. The van der Waals surface area contributed by atoms with E-state index in [2.05, 4.69) is 12.1 Å². The van der Waals surface area contributed by atoms with Crippen molar-refractivity contribution in [1.82, 2.24) is 9.80 Å². The van der Waals surface area contributed by atoms with Crippen LogP contribution < -0.4 is 0 Å². The molecule has 0 N–H and O–H groups in total. The van der Waals surface area contributed by atoms with Gasteiger partial charge >= 0.3 is 0 Å². The summed E-state index contributed by atoms with van der Waals surface area (Å²) in [6, 6.07) is 18.0. The Morgan fingerprint density at radius 1 is 0.846 bits per heavy atom. The third-order valence-corrected chi connectivity index (χ3v) is 5.59. The summed E-state index contributed by atoms with van der Waals surface area (Å²) < 4.78 is 0. The van der Waals surface area contributed by atoms with Crippen molar-refractivity contribution in [2.75, 3.05) is 26.2 Å². The second-order valence-electron chi connectivity index (χ2n) is 7.29. The van der Waals surface area contributed by atoms with Crippen LogP contribution >= 0.6 is 0 Å². The number of rotatable bonds is 3. The van der Waals surface area contributed by atoms with Crippen LogP contribution in [0.15, 0.2) is 54.6 Å². The summed E-state index contributed by atoms with van der Waals surface area (Å²) in [5, 5.41) is 0. The molecule has 0 aromatic heterocycles. The molecule has 0 unspecified atom stereocenters. The average molecular weight is 348 g/mol. The summed E-state index contributed by atoms with van der Waals surface area (Å²) in [7, 11) is 0. The van der Waals surface area contributed by atoms with E-state index in [1.54, 1.807) is 0 Å². The second-order valence-corrected chi connectivity index (χ2v) is 7.29. The molecule has 2 aromatic rings. The normalized spacial score (nSPS) is 22.2. The average Bonchev–Trinajstić information content (AvgIpc) is 3.49. The van der Waals surface area contributed by atoms with E-state index in [-0.39, 0.29) is 17.7 Å². The fraction of sp³-hybridized carbons (Fsp3) is 0.364. The third-order valence-electron chi connectivity index (χ3n) is 5.59. The Hall–Kier alpha value is -2.62. The lowest BCUT2D eigenvalue weighted by Crippen LogP contribution is -2.51. The van der Waals surface area contributed by atoms with Crippen LogP contribution in [0.4, 0.5) is 0 Å². The summed E-state index contributed by atoms with van der Waals surface area (Å²) in [6.07, 6.45) is 0.950. The molecule has 1 heterocycles. The maximum Gasteiger partial charge on any atom is 0.254 e. The molecule has 1 saturated heterocycles. The zero-order valence-corrected chi connectivity index (χ0v) is 15.1. The lowest BCUT2D eigenvalue weighted by Gasteiger charge is -2.35. The standard InChI is InChI=1S/C22H24N2O2/c1-16-7-5-6-10-18(16)21(25)23-11-13-24(14-12-23)22(26)20-15-19(20)17-8-3-2-4-9-17/h2-10,19-20H,11-15H2,1H3/t19-,20-/m0/s1. The van der Waals surface area contributed by atoms with Gasteiger partial charge in [-0.3, -0.25) is 9.59 Å². The Balaban J connectivity index is 1.33. The molecule has 2 aromatic carbocycles. The first kappa shape index (κ1) is 16.8. The van der Waals surface area contributed by atoms with E-state index in [9.17, 15) is 9.59 Å². The van der Waals surface area contributed by atoms with Gasteiger partial charge in [0.25, 0.3) is 5.91 Å². The first-order valence-corrected chi connectivity index (χ1v) is 9.34. The minimum atomic E-state index is 0.0729. The van der Waals surface area contributed by atoms with Crippen LogP contribution in [-0.2, 0) is 4.79 Å². The second kappa shape index (κ2) is 6.94. The SMILES string of the molecule is Cc1ccccc1C(=O)N1CCN(C(=O)[C@H]2C[C@H]2c2ccccc2)CC1. The lowest BCUT2D eigenvalue weighted by molar-refractivity contribution is -0.134. The third kappa shape index (κ3) is 3.24. The minimum absolute atomic E-state index is 0.0729. The first-order chi connectivity index (χ1) is 12.6. The molecule has 4 nitrogen and oxygen atoms in total. The molecule has 4 rings (SSSR count). The van der Waals surface area contributed by atoms with E-state index in [0.29, 0.717) is 32.1 Å². The summed E-state index contributed by atoms with van der Waals surface area (Å²) in [5.41, 5.74) is 3.03. The Bertz CT molecular complexity index is 810. The van der Waals surface area contributed by atoms with Gasteiger partial charge in [-0.25, -0.2) is 0 Å². The smallest absolute Gasteiger partial charge is 0.254 e. The van der Waals surface area contributed by atoms with Crippen molar-refractivity contribution in [1.29, 1.82) is 0 Å². The molecule has 0 spiro atoms. The molecule has 2 fully saturated rings. The fourth-order valence-electron chi connectivity index (χ4n) is 3.88. The topological polar surface area (TPSA) is 40.6 Å². The van der Waals surface area contributed by atoms with Gasteiger partial charge in [-0.15, -0.1) is 0 Å². The van der Waals surface area contributed by atoms with E-state index in [0.717, 1.165) is 17.5 Å². The molecule has 1 aliphatic carbocycles. The van der Waals surface area contributed by atoms with Crippen molar-refractivity contribution < 1.29 is 9.59 Å². The highest BCUT2D eigenvalue weighted by Crippen LogP contribution is 2.48. The summed E-state index contributed by atoms with van der Waals surface area (Å²) >= 11 is 0. The van der Waals surface area contributed by atoms with Gasteiger partial charge in [0, 0.05) is 37.7 Å². The zero-order valence-electron chi connectivity index (χ0n) is 15.1. The van der Waals surface area contributed by atoms with E-state index in [1.165, 1.54) is 5.56 Å². The molecule has 26 heavy (non-hydrogen) atoms. The number of hydrogen-bond donors (Lipinski definition) is 0. The number of aryl methyl sites for hydroxylation is 1. The van der Waals surface area contributed by atoms with E-state index < -0.39 is 0 Å². The summed E-state index contributed by atoms with van der Waals surface area (Å²) in [5.74, 6) is 0.817. The molecule has 1 aliphatic heterocycles. The van der Waals surface area contributed by atoms with Gasteiger partial charge < -0.3 is 9.80 Å². The monoisotopic (exact) mass is 348 g/mol. The zero-order chi connectivity index (χ0) is 18.1. The van der Waals surface area contributed by atoms with E-state index >= 15 is 0 Å². The summed E-state index contributed by atoms with van der Waals surface area (Å²) in [4.78, 5) is 29.3. The minimum Gasteiger partial charge on any atom is -0.339 e. The Kier molecular flexibility index (Phi) is 4.49. The molecule has 0 radical (unpaired) electrons. The van der Waals surface area contributed by atoms with Crippen molar-refractivity contribution in [3.8, 4) is 0 Å². The lowest BCUT2D eigenvalue weighted by atomic mass is 10.1. The molecule has 4 heteroatoms. The number of piperazine rings is 1. The fourth-order valence-corrected chi connectivity index (χ4v) is 3.88. The number of nitrogens with zero attached hydrogens (tertiary/aromatic N) is 2. The van der Waals surface area contributed by atoms with Crippen LogP contribution in [0.25, 0.3) is 0 Å². The largest absolute Gasteiger partial charge is 0.339 e. The van der Waals surface area contributed by atoms with Crippen molar-refractivity contribution in [2.45, 2.75) is 19.3 Å². The highest BCUT2D eigenvalue weighted by Gasteiger charge is 2.46. The van der Waals surface area contributed by atoms with Crippen LogP contribution in [0, 0.1) is 12.8 Å². The number of hydrogen-bond acceptors (Lipinski definition) is 2. The molecule has 0 bridgehead atoms. The first-order valence-electron chi connectivity index (χ1n) is 9.34. The predicted octanol–water partition coefficient (Wildman–Crippen LogP) is 3.08. The van der Waals surface area contributed by atoms with Gasteiger partial charge in [0.05, 0.1) is 0 Å². The van der Waals surface area contributed by atoms with Gasteiger partial charge in [0.2, 0.25) is 5.91 Å². The van der Waals surface area contributed by atoms with Crippen LogP contribution in [-0.4, -0.2) is 47.8 Å². The molecule has 2 aliphatic rings. The number of benzene rings is 2. The van der Waals surface area contributed by atoms with Crippen LogP contribution in [0.2, 0.25) is 0 Å². The molecule has 134 valence electrons. The quantitative estimate of drug-likeness (QED) is 0.855. The Morgan fingerprint density at radius 3 is 2.15 bits per heavy atom. The van der Waals surface area contributed by atoms with Crippen molar-refractivity contribution in [3.05, 3.63) is 71.3 Å². The van der Waals surface area contributed by atoms with Gasteiger partial charge in [0.15, 0.2) is 0 Å². The molecular formula is C22H24N2O2. The molecule has 1 saturated carbocycles. The number of amides is 2. The van der Waals surface area contributed by atoms with Gasteiger partial charge in [-0.2, -0.15) is 0 Å². The Morgan fingerprint density at radius 2 is 1.46 bits per heavy atom. The van der Waals surface area contributed by atoms with Crippen molar-refractivity contribution in [2.24, 2.45) is 5.92 Å². The highest BCUT2D eigenvalue weighted by molar-refractivity contribution is 5.95. The van der Waals surface area contributed by atoms with Crippen LogP contribution in [0.1, 0.15) is 33.8 Å². The van der Waals surface area contributed by atoms with Gasteiger partial charge in [-0.1, -0.05) is 48.5 Å².